The molecule has 0 aliphatic carbocycles. The van der Waals surface area contributed by atoms with E-state index in [1.807, 2.05) is 0 Å². The molecule has 0 aliphatic rings. The molecule has 0 spiro atoms. The van der Waals surface area contributed by atoms with Gasteiger partial charge in [-0.05, 0) is 49.4 Å². The molecular weight excluding hydrogens is 408 g/mol. The first kappa shape index (κ1) is 21.0. The third kappa shape index (κ3) is 5.21. The fourth-order valence-corrected chi connectivity index (χ4v) is 2.91. The normalized spacial score (nSPS) is 11.4. The van der Waals surface area contributed by atoms with Crippen LogP contribution in [0.5, 0.6) is 5.75 Å². The number of anilines is 1. The molecule has 0 saturated carbocycles. The van der Waals surface area contributed by atoms with Crippen molar-refractivity contribution in [3.8, 4) is 5.75 Å². The number of halogens is 1. The van der Waals surface area contributed by atoms with Gasteiger partial charge in [0.15, 0.2) is 6.10 Å². The molecule has 1 amide bonds. The highest BCUT2D eigenvalue weighted by atomic mass is 35.5. The second-order valence-corrected chi connectivity index (χ2v) is 6.86. The number of nitro groups is 1. The molecule has 0 saturated heterocycles. The van der Waals surface area contributed by atoms with Crippen molar-refractivity contribution in [2.45, 2.75) is 13.0 Å². The zero-order valence-electron chi connectivity index (χ0n) is 15.9. The van der Waals surface area contributed by atoms with Crippen molar-refractivity contribution in [1.82, 2.24) is 0 Å². The minimum absolute atomic E-state index is 0.162. The van der Waals surface area contributed by atoms with Crippen LogP contribution in [0.25, 0.3) is 0 Å². The Kier molecular flexibility index (Phi) is 6.44. The summed E-state index contributed by atoms with van der Waals surface area (Å²) < 4.78 is 5.68. The number of nitrogens with one attached hydrogen (secondary N) is 1. The summed E-state index contributed by atoms with van der Waals surface area (Å²) in [5.74, 6) is -0.233. The van der Waals surface area contributed by atoms with Crippen molar-refractivity contribution in [2.75, 3.05) is 5.32 Å². The summed E-state index contributed by atoms with van der Waals surface area (Å²) in [6, 6.07) is 18.5. The van der Waals surface area contributed by atoms with Gasteiger partial charge in [0.05, 0.1) is 4.92 Å². The summed E-state index contributed by atoms with van der Waals surface area (Å²) in [4.78, 5) is 35.0. The molecule has 30 heavy (non-hydrogen) atoms. The second kappa shape index (κ2) is 9.19. The standard InChI is InChI=1S/C22H17ClN2O5/c1-14(21(26)15-4-2-6-17(23)12-15)30-20-10-8-18(9-11-20)24-22(27)16-5-3-7-19(13-16)25(28)29/h2-14H,1H3,(H,24,27)/t14-/m0/s1. The number of carbonyl (C=O) groups excluding carboxylic acids is 2. The molecule has 0 bridgehead atoms. The smallest absolute Gasteiger partial charge is 0.270 e. The Morgan fingerprint density at radius 1 is 1.00 bits per heavy atom. The van der Waals surface area contributed by atoms with Crippen LogP contribution in [0.1, 0.15) is 27.6 Å². The van der Waals surface area contributed by atoms with Crippen molar-refractivity contribution in [3.05, 3.63) is 99.1 Å². The molecule has 152 valence electrons. The maximum Gasteiger partial charge on any atom is 0.270 e. The lowest BCUT2D eigenvalue weighted by Crippen LogP contribution is -2.23. The van der Waals surface area contributed by atoms with Crippen molar-refractivity contribution in [2.24, 2.45) is 0 Å². The molecule has 0 aliphatic heterocycles. The largest absolute Gasteiger partial charge is 0.483 e. The molecule has 8 heteroatoms. The first-order chi connectivity index (χ1) is 14.3. The maximum absolute atomic E-state index is 12.5. The number of hydrogen-bond donors (Lipinski definition) is 1. The molecule has 0 unspecified atom stereocenters. The molecule has 0 heterocycles. The molecule has 3 aromatic carbocycles. The molecule has 7 nitrogen and oxygen atoms in total. The van der Waals surface area contributed by atoms with Gasteiger partial charge in [0.25, 0.3) is 11.6 Å². The van der Waals surface area contributed by atoms with Gasteiger partial charge in [-0.25, -0.2) is 0 Å². The van der Waals surface area contributed by atoms with E-state index in [2.05, 4.69) is 5.32 Å². The molecule has 1 N–H and O–H groups in total. The second-order valence-electron chi connectivity index (χ2n) is 6.42. The fraction of sp³-hybridized carbons (Fsp3) is 0.0909. The first-order valence-corrected chi connectivity index (χ1v) is 9.33. The van der Waals surface area contributed by atoms with E-state index in [0.717, 1.165) is 0 Å². The van der Waals surface area contributed by atoms with Gasteiger partial charge in [-0.1, -0.05) is 29.8 Å². The number of nitrogens with zero attached hydrogens (tertiary/aromatic N) is 1. The molecule has 3 rings (SSSR count). The zero-order valence-corrected chi connectivity index (χ0v) is 16.6. The zero-order chi connectivity index (χ0) is 21.7. The summed E-state index contributed by atoms with van der Waals surface area (Å²) in [5, 5.41) is 14.0. The lowest BCUT2D eigenvalue weighted by Gasteiger charge is -2.14. The predicted molar refractivity (Wildman–Crippen MR) is 113 cm³/mol. The van der Waals surface area contributed by atoms with Gasteiger partial charge < -0.3 is 10.1 Å². The summed E-state index contributed by atoms with van der Waals surface area (Å²) in [5.41, 5.74) is 0.943. The van der Waals surface area contributed by atoms with Crippen LogP contribution in [-0.2, 0) is 0 Å². The van der Waals surface area contributed by atoms with Crippen LogP contribution in [0.4, 0.5) is 11.4 Å². The summed E-state index contributed by atoms with van der Waals surface area (Å²) >= 11 is 5.92. The topological polar surface area (TPSA) is 98.5 Å². The van der Waals surface area contributed by atoms with Gasteiger partial charge in [0.1, 0.15) is 5.75 Å². The highest BCUT2D eigenvalue weighted by Gasteiger charge is 2.17. The third-order valence-electron chi connectivity index (χ3n) is 4.22. The van der Waals surface area contributed by atoms with Crippen molar-refractivity contribution in [1.29, 1.82) is 0 Å². The van der Waals surface area contributed by atoms with Crippen LogP contribution in [0.2, 0.25) is 5.02 Å². The Morgan fingerprint density at radius 2 is 1.67 bits per heavy atom. The molecular formula is C22H17ClN2O5. The van der Waals surface area contributed by atoms with E-state index < -0.39 is 16.9 Å². The SMILES string of the molecule is C[C@H](Oc1ccc(NC(=O)c2cccc([N+](=O)[O-])c2)cc1)C(=O)c1cccc(Cl)c1. The quantitative estimate of drug-likeness (QED) is 0.321. The van der Waals surface area contributed by atoms with E-state index in [-0.39, 0.29) is 17.0 Å². The molecule has 0 aromatic heterocycles. The highest BCUT2D eigenvalue weighted by molar-refractivity contribution is 6.31. The van der Waals surface area contributed by atoms with Crippen LogP contribution in [0, 0.1) is 10.1 Å². The minimum Gasteiger partial charge on any atom is -0.483 e. The number of rotatable bonds is 7. The van der Waals surface area contributed by atoms with E-state index in [9.17, 15) is 19.7 Å². The van der Waals surface area contributed by atoms with Crippen molar-refractivity contribution in [3.63, 3.8) is 0 Å². The number of carbonyl (C=O) groups is 2. The number of ketones is 1. The summed E-state index contributed by atoms with van der Waals surface area (Å²) in [6.07, 6.45) is -0.728. The Labute approximate surface area is 177 Å². The Balaban J connectivity index is 1.63. The van der Waals surface area contributed by atoms with E-state index in [4.69, 9.17) is 16.3 Å². The first-order valence-electron chi connectivity index (χ1n) is 8.96. The van der Waals surface area contributed by atoms with Crippen LogP contribution in [-0.4, -0.2) is 22.7 Å². The Morgan fingerprint density at radius 3 is 2.33 bits per heavy atom. The van der Waals surface area contributed by atoms with Crippen LogP contribution in [0.3, 0.4) is 0 Å². The third-order valence-corrected chi connectivity index (χ3v) is 4.46. The molecule has 1 atom stereocenters. The van der Waals surface area contributed by atoms with Gasteiger partial charge in [0.2, 0.25) is 5.78 Å². The number of non-ortho nitro benzene ring substituents is 1. The monoisotopic (exact) mass is 424 g/mol. The lowest BCUT2D eigenvalue weighted by molar-refractivity contribution is -0.384. The number of nitro benzene ring substituents is 1. The highest BCUT2D eigenvalue weighted by Crippen LogP contribution is 2.20. The van der Waals surface area contributed by atoms with E-state index in [1.54, 1.807) is 55.5 Å². The van der Waals surface area contributed by atoms with Gasteiger partial charge >= 0.3 is 0 Å². The van der Waals surface area contributed by atoms with Gasteiger partial charge in [0, 0.05) is 34.0 Å². The number of benzene rings is 3. The number of amides is 1. The molecule has 0 radical (unpaired) electrons. The number of ether oxygens (including phenoxy) is 1. The van der Waals surface area contributed by atoms with Crippen LogP contribution >= 0.6 is 11.6 Å². The average Bonchev–Trinajstić information content (AvgIpc) is 2.74. The van der Waals surface area contributed by atoms with Crippen molar-refractivity contribution >= 4 is 34.7 Å². The van der Waals surface area contributed by atoms with Gasteiger partial charge in [-0.3, -0.25) is 19.7 Å². The molecule has 0 fully saturated rings. The average molecular weight is 425 g/mol. The minimum atomic E-state index is -0.728. The van der Waals surface area contributed by atoms with Crippen LogP contribution < -0.4 is 10.1 Å². The van der Waals surface area contributed by atoms with Gasteiger partial charge in [-0.2, -0.15) is 0 Å². The lowest BCUT2D eigenvalue weighted by atomic mass is 10.1. The summed E-state index contributed by atoms with van der Waals surface area (Å²) in [6.45, 7) is 1.64. The summed E-state index contributed by atoms with van der Waals surface area (Å²) in [7, 11) is 0. The fourth-order valence-electron chi connectivity index (χ4n) is 2.71. The Hall–Kier alpha value is -3.71. The van der Waals surface area contributed by atoms with Gasteiger partial charge in [-0.15, -0.1) is 0 Å². The van der Waals surface area contributed by atoms with Crippen molar-refractivity contribution < 1.29 is 19.2 Å². The van der Waals surface area contributed by atoms with E-state index in [0.29, 0.717) is 22.0 Å². The van der Waals surface area contributed by atoms with E-state index in [1.165, 1.54) is 24.3 Å². The maximum atomic E-state index is 12.5. The number of Topliss-reactive ketones (excluding diaryl/α,β-unsaturated/α-hetero) is 1. The van der Waals surface area contributed by atoms with Crippen LogP contribution in [0.15, 0.2) is 72.8 Å². The Bertz CT molecular complexity index is 1100. The number of hydrogen-bond acceptors (Lipinski definition) is 5. The molecule has 3 aromatic rings. The predicted octanol–water partition coefficient (Wildman–Crippen LogP) is 5.15. The van der Waals surface area contributed by atoms with E-state index >= 15 is 0 Å².